The summed E-state index contributed by atoms with van der Waals surface area (Å²) in [6, 6.07) is 0. The number of nitrogens with two attached hydrogens (primary N) is 2. The van der Waals surface area contributed by atoms with Crippen molar-refractivity contribution in [1.29, 1.82) is 0 Å². The highest BCUT2D eigenvalue weighted by Gasteiger charge is 2.13. The minimum Gasteiger partial charge on any atom is -0.478 e. The minimum atomic E-state index is -1.02. The zero-order valence-electron chi connectivity index (χ0n) is 5.74. The fourth-order valence-corrected chi connectivity index (χ4v) is 0.710. The van der Waals surface area contributed by atoms with E-state index < -0.39 is 12.1 Å². The van der Waals surface area contributed by atoms with Gasteiger partial charge in [0.25, 0.3) is 0 Å². The maximum absolute atomic E-state index is 10.4. The second kappa shape index (κ2) is 2.63. The van der Waals surface area contributed by atoms with Gasteiger partial charge in [-0.15, -0.1) is 0 Å². The lowest BCUT2D eigenvalue weighted by Crippen LogP contribution is -2.41. The Bertz CT molecular complexity index is 244. The van der Waals surface area contributed by atoms with Crippen LogP contribution in [0.25, 0.3) is 0 Å². The first-order valence-corrected chi connectivity index (χ1v) is 3.03. The van der Waals surface area contributed by atoms with Gasteiger partial charge in [-0.25, -0.2) is 4.79 Å². The third-order valence-electron chi connectivity index (χ3n) is 1.35. The molecule has 1 unspecified atom stereocenters. The molecule has 11 heavy (non-hydrogen) atoms. The summed E-state index contributed by atoms with van der Waals surface area (Å²) in [5, 5.41) is 11.1. The molecule has 0 aliphatic carbocycles. The zero-order valence-corrected chi connectivity index (χ0v) is 5.74. The van der Waals surface area contributed by atoms with Gasteiger partial charge in [-0.05, 0) is 6.08 Å². The molecule has 0 fully saturated rings. The van der Waals surface area contributed by atoms with Gasteiger partial charge in [-0.3, -0.25) is 0 Å². The topological polar surface area (TPSA) is 101 Å². The number of hydrogen-bond acceptors (Lipinski definition) is 4. The van der Waals surface area contributed by atoms with Gasteiger partial charge >= 0.3 is 5.97 Å². The molecule has 6 N–H and O–H groups in total. The maximum Gasteiger partial charge on any atom is 0.337 e. The zero-order chi connectivity index (χ0) is 8.43. The number of dihydropyridines is 1. The highest BCUT2D eigenvalue weighted by atomic mass is 16.4. The summed E-state index contributed by atoms with van der Waals surface area (Å²) >= 11 is 0. The molecule has 1 rings (SSSR count). The molecule has 0 saturated carbocycles. The van der Waals surface area contributed by atoms with E-state index >= 15 is 0 Å². The number of carboxylic acids is 1. The molecule has 0 radical (unpaired) electrons. The largest absolute Gasteiger partial charge is 0.478 e. The first-order chi connectivity index (χ1) is 5.11. The van der Waals surface area contributed by atoms with Crippen molar-refractivity contribution >= 4 is 5.97 Å². The van der Waals surface area contributed by atoms with Crippen LogP contribution in [0.15, 0.2) is 23.5 Å². The molecule has 1 aliphatic heterocycles. The van der Waals surface area contributed by atoms with Crippen molar-refractivity contribution in [2.45, 2.75) is 6.17 Å². The SMILES string of the molecule is NC1=CC(C(=O)O)=CNC1N. The van der Waals surface area contributed by atoms with Crippen LogP contribution < -0.4 is 16.8 Å². The lowest BCUT2D eigenvalue weighted by molar-refractivity contribution is -0.132. The summed E-state index contributed by atoms with van der Waals surface area (Å²) in [5.41, 5.74) is 11.2. The van der Waals surface area contributed by atoms with Crippen LogP contribution in [0, 0.1) is 0 Å². The van der Waals surface area contributed by atoms with Crippen molar-refractivity contribution in [2.75, 3.05) is 0 Å². The van der Waals surface area contributed by atoms with E-state index in [9.17, 15) is 4.79 Å². The normalized spacial score (nSPS) is 23.2. The van der Waals surface area contributed by atoms with Crippen molar-refractivity contribution in [2.24, 2.45) is 11.5 Å². The fourth-order valence-electron chi connectivity index (χ4n) is 0.710. The average molecular weight is 155 g/mol. The van der Waals surface area contributed by atoms with Crippen LogP contribution in [0.2, 0.25) is 0 Å². The molecular formula is C6H9N3O2. The molecule has 0 saturated heterocycles. The van der Waals surface area contributed by atoms with Crippen molar-refractivity contribution in [1.82, 2.24) is 5.32 Å². The van der Waals surface area contributed by atoms with Crippen LogP contribution in [0.4, 0.5) is 0 Å². The Labute approximate surface area is 63.4 Å². The van der Waals surface area contributed by atoms with Gasteiger partial charge in [0.15, 0.2) is 0 Å². The van der Waals surface area contributed by atoms with Crippen LogP contribution in [0.5, 0.6) is 0 Å². The van der Waals surface area contributed by atoms with E-state index in [1.54, 1.807) is 0 Å². The number of rotatable bonds is 1. The lowest BCUT2D eigenvalue weighted by Gasteiger charge is -2.17. The highest BCUT2D eigenvalue weighted by Crippen LogP contribution is 2.04. The van der Waals surface area contributed by atoms with Crippen LogP contribution >= 0.6 is 0 Å². The molecule has 0 aromatic heterocycles. The number of hydrogen-bond donors (Lipinski definition) is 4. The molecule has 5 nitrogen and oxygen atoms in total. The number of carbonyl (C=O) groups is 1. The molecule has 0 aromatic carbocycles. The van der Waals surface area contributed by atoms with Crippen molar-refractivity contribution in [3.8, 4) is 0 Å². The Morgan fingerprint density at radius 2 is 2.36 bits per heavy atom. The van der Waals surface area contributed by atoms with Gasteiger partial charge in [-0.2, -0.15) is 0 Å². The summed E-state index contributed by atoms with van der Waals surface area (Å²) in [4.78, 5) is 10.4. The average Bonchev–Trinajstić information content (AvgIpc) is 1.94. The Kier molecular flexibility index (Phi) is 1.82. The predicted molar refractivity (Wildman–Crippen MR) is 39.1 cm³/mol. The molecule has 0 spiro atoms. The van der Waals surface area contributed by atoms with Crippen LogP contribution in [-0.4, -0.2) is 17.2 Å². The van der Waals surface area contributed by atoms with Crippen LogP contribution in [-0.2, 0) is 4.79 Å². The van der Waals surface area contributed by atoms with Crippen molar-refractivity contribution < 1.29 is 9.90 Å². The molecule has 0 amide bonds. The van der Waals surface area contributed by atoms with E-state index in [4.69, 9.17) is 16.6 Å². The monoisotopic (exact) mass is 155 g/mol. The van der Waals surface area contributed by atoms with Gasteiger partial charge in [-0.1, -0.05) is 0 Å². The summed E-state index contributed by atoms with van der Waals surface area (Å²) in [6.45, 7) is 0. The predicted octanol–water partition coefficient (Wildman–Crippen LogP) is -1.31. The maximum atomic E-state index is 10.4. The molecule has 60 valence electrons. The van der Waals surface area contributed by atoms with E-state index in [1.165, 1.54) is 12.3 Å². The van der Waals surface area contributed by atoms with Gasteiger partial charge < -0.3 is 21.9 Å². The Morgan fingerprint density at radius 3 is 2.82 bits per heavy atom. The van der Waals surface area contributed by atoms with Gasteiger partial charge in [0.05, 0.1) is 5.57 Å². The first kappa shape index (κ1) is 7.62. The Balaban J connectivity index is 2.83. The molecular weight excluding hydrogens is 146 g/mol. The molecule has 0 bridgehead atoms. The summed E-state index contributed by atoms with van der Waals surface area (Å²) in [6.07, 6.45) is 2.19. The Hall–Kier alpha value is -1.49. The van der Waals surface area contributed by atoms with E-state index in [0.29, 0.717) is 5.70 Å². The van der Waals surface area contributed by atoms with Gasteiger partial charge in [0, 0.05) is 11.9 Å². The number of nitrogens with one attached hydrogen (secondary N) is 1. The molecule has 1 atom stereocenters. The standard InChI is InChI=1S/C6H9N3O2/c7-4-1-3(6(10)11)2-9-5(4)8/h1-2,5,9H,7-8H2,(H,10,11). The lowest BCUT2D eigenvalue weighted by atomic mass is 10.1. The summed E-state index contributed by atoms with van der Waals surface area (Å²) < 4.78 is 0. The van der Waals surface area contributed by atoms with E-state index in [2.05, 4.69) is 5.32 Å². The molecule has 1 aliphatic rings. The number of aliphatic carboxylic acids is 1. The van der Waals surface area contributed by atoms with Gasteiger partial charge in [0.2, 0.25) is 0 Å². The van der Waals surface area contributed by atoms with Crippen LogP contribution in [0.1, 0.15) is 0 Å². The van der Waals surface area contributed by atoms with Crippen molar-refractivity contribution in [3.63, 3.8) is 0 Å². The second-order valence-electron chi connectivity index (χ2n) is 2.19. The van der Waals surface area contributed by atoms with E-state index in [0.717, 1.165) is 0 Å². The number of carboxylic acid groups (broad SMARTS) is 1. The molecule has 5 heteroatoms. The summed E-state index contributed by atoms with van der Waals surface area (Å²) in [5.74, 6) is -1.02. The third-order valence-corrected chi connectivity index (χ3v) is 1.35. The quantitative estimate of drug-likeness (QED) is 0.376. The molecule has 0 aromatic rings. The molecule has 1 heterocycles. The van der Waals surface area contributed by atoms with E-state index in [1.807, 2.05) is 0 Å². The third kappa shape index (κ3) is 1.50. The second-order valence-corrected chi connectivity index (χ2v) is 2.19. The van der Waals surface area contributed by atoms with Crippen molar-refractivity contribution in [3.05, 3.63) is 23.5 Å². The summed E-state index contributed by atoms with van der Waals surface area (Å²) in [7, 11) is 0. The smallest absolute Gasteiger partial charge is 0.337 e. The fraction of sp³-hybridized carbons (Fsp3) is 0.167. The Morgan fingerprint density at radius 1 is 1.73 bits per heavy atom. The highest BCUT2D eigenvalue weighted by molar-refractivity contribution is 5.90. The minimum absolute atomic E-state index is 0.115. The van der Waals surface area contributed by atoms with Crippen LogP contribution in [0.3, 0.4) is 0 Å². The van der Waals surface area contributed by atoms with E-state index in [-0.39, 0.29) is 5.57 Å². The first-order valence-electron chi connectivity index (χ1n) is 3.03. The van der Waals surface area contributed by atoms with Gasteiger partial charge in [0.1, 0.15) is 6.17 Å².